The number of rotatable bonds is 3. The maximum atomic E-state index is 3.22. The first-order chi connectivity index (χ1) is 3.63. The molecule has 0 radical (unpaired) electrons. The fraction of sp³-hybridized carbons (Fsp3) is 1.00. The van der Waals surface area contributed by atoms with Gasteiger partial charge in [0, 0.05) is 6.04 Å². The van der Waals surface area contributed by atoms with Crippen LogP contribution >= 0.6 is 0 Å². The van der Waals surface area contributed by atoms with Gasteiger partial charge in [0.05, 0.1) is 6.04 Å². The number of halogens is 1. The molecule has 0 rings (SSSR count). The normalized spacial score (nSPS) is 10.0. The molecular weight excluding hydrogens is 136 g/mol. The first-order valence-electron chi connectivity index (χ1n) is 3.22. The SMILES string of the molecule is CC(C)N[NH2+]C(C)C.[Cl-]. The number of quaternary nitrogens is 1. The molecule has 0 atom stereocenters. The standard InChI is InChI=1S/C6H16N2.ClH/c1-5(2)7-8-6(3)4;/h5-8H,1-4H3;1H. The van der Waals surface area contributed by atoms with Crippen molar-refractivity contribution in [1.82, 2.24) is 5.43 Å². The van der Waals surface area contributed by atoms with Crippen LogP contribution in [-0.2, 0) is 0 Å². The zero-order valence-electron chi connectivity index (χ0n) is 6.61. The number of hydrogen-bond donors (Lipinski definition) is 2. The Hall–Kier alpha value is 0.210. The van der Waals surface area contributed by atoms with E-state index in [1.54, 1.807) is 0 Å². The van der Waals surface area contributed by atoms with Gasteiger partial charge in [-0.3, -0.25) is 5.43 Å². The maximum absolute atomic E-state index is 3.22. The van der Waals surface area contributed by atoms with Crippen molar-refractivity contribution in [3.8, 4) is 0 Å². The van der Waals surface area contributed by atoms with E-state index in [0.717, 1.165) is 0 Å². The smallest absolute Gasteiger partial charge is 0.0975 e. The van der Waals surface area contributed by atoms with E-state index < -0.39 is 0 Å². The number of nitrogens with one attached hydrogen (secondary N) is 1. The van der Waals surface area contributed by atoms with E-state index >= 15 is 0 Å². The highest BCUT2D eigenvalue weighted by molar-refractivity contribution is 4.37. The second kappa shape index (κ2) is 6.33. The Kier molecular flexibility index (Phi) is 8.40. The Morgan fingerprint density at radius 2 is 1.56 bits per heavy atom. The second-order valence-electron chi connectivity index (χ2n) is 2.73. The van der Waals surface area contributed by atoms with Crippen LogP contribution in [0.1, 0.15) is 27.7 Å². The second-order valence-corrected chi connectivity index (χ2v) is 2.73. The molecule has 0 aromatic carbocycles. The van der Waals surface area contributed by atoms with Crippen molar-refractivity contribution in [2.45, 2.75) is 39.8 Å². The highest BCUT2D eigenvalue weighted by Crippen LogP contribution is 1.67. The molecule has 0 aliphatic carbocycles. The van der Waals surface area contributed by atoms with E-state index in [4.69, 9.17) is 0 Å². The molecule has 0 saturated carbocycles. The van der Waals surface area contributed by atoms with E-state index in [1.807, 2.05) is 0 Å². The van der Waals surface area contributed by atoms with Crippen LogP contribution in [0.3, 0.4) is 0 Å². The van der Waals surface area contributed by atoms with Crippen molar-refractivity contribution in [2.75, 3.05) is 0 Å². The molecule has 0 unspecified atom stereocenters. The minimum absolute atomic E-state index is 0. The summed E-state index contributed by atoms with van der Waals surface area (Å²) < 4.78 is 0. The average Bonchev–Trinajstić information content (AvgIpc) is 1.61. The highest BCUT2D eigenvalue weighted by atomic mass is 35.5. The van der Waals surface area contributed by atoms with Gasteiger partial charge < -0.3 is 12.4 Å². The van der Waals surface area contributed by atoms with Gasteiger partial charge in [0.1, 0.15) is 0 Å². The summed E-state index contributed by atoms with van der Waals surface area (Å²) >= 11 is 0. The van der Waals surface area contributed by atoms with Crippen LogP contribution in [-0.4, -0.2) is 12.1 Å². The molecule has 0 fully saturated rings. The minimum Gasteiger partial charge on any atom is -1.00 e. The average molecular weight is 153 g/mol. The first kappa shape index (κ1) is 11.9. The summed E-state index contributed by atoms with van der Waals surface area (Å²) in [6.07, 6.45) is 0. The molecule has 2 nitrogen and oxygen atoms in total. The minimum atomic E-state index is 0. The van der Waals surface area contributed by atoms with Crippen LogP contribution < -0.4 is 23.3 Å². The molecular formula is C6H17ClN2. The van der Waals surface area contributed by atoms with E-state index in [-0.39, 0.29) is 12.4 Å². The van der Waals surface area contributed by atoms with Crippen LogP contribution in [0.4, 0.5) is 0 Å². The molecule has 3 heteroatoms. The van der Waals surface area contributed by atoms with E-state index in [1.165, 1.54) is 0 Å². The van der Waals surface area contributed by atoms with E-state index in [9.17, 15) is 0 Å². The van der Waals surface area contributed by atoms with Gasteiger partial charge in [0.15, 0.2) is 0 Å². The van der Waals surface area contributed by atoms with Gasteiger partial charge in [-0.25, -0.2) is 0 Å². The van der Waals surface area contributed by atoms with Crippen LogP contribution in [0.5, 0.6) is 0 Å². The van der Waals surface area contributed by atoms with Gasteiger partial charge in [-0.15, -0.1) is 0 Å². The summed E-state index contributed by atoms with van der Waals surface area (Å²) in [5, 5.41) is 0. The molecule has 0 aliphatic rings. The molecule has 0 aliphatic heterocycles. The molecule has 0 amide bonds. The Bertz CT molecular complexity index is 47.0. The van der Waals surface area contributed by atoms with Crippen molar-refractivity contribution in [3.05, 3.63) is 0 Å². The Balaban J connectivity index is 0. The topological polar surface area (TPSA) is 28.6 Å². The summed E-state index contributed by atoms with van der Waals surface area (Å²) in [6, 6.07) is 1.23. The Morgan fingerprint density at radius 1 is 1.11 bits per heavy atom. The number of hydrogen-bond acceptors (Lipinski definition) is 1. The fourth-order valence-electron chi connectivity index (χ4n) is 0.385. The molecule has 0 aromatic rings. The first-order valence-corrected chi connectivity index (χ1v) is 3.22. The molecule has 0 aromatic heterocycles. The van der Waals surface area contributed by atoms with Gasteiger partial charge in [-0.2, -0.15) is 5.43 Å². The van der Waals surface area contributed by atoms with E-state index in [0.29, 0.717) is 12.1 Å². The lowest BCUT2D eigenvalue weighted by molar-refractivity contribution is -0.740. The number of nitrogens with two attached hydrogens (primary N) is 1. The van der Waals surface area contributed by atoms with Crippen LogP contribution in [0.25, 0.3) is 0 Å². The third-order valence-electron chi connectivity index (χ3n) is 0.763. The van der Waals surface area contributed by atoms with Crippen molar-refractivity contribution in [1.29, 1.82) is 0 Å². The lowest BCUT2D eigenvalue weighted by atomic mass is 10.4. The van der Waals surface area contributed by atoms with Gasteiger partial charge in [0.2, 0.25) is 0 Å². The molecule has 0 spiro atoms. The summed E-state index contributed by atoms with van der Waals surface area (Å²) in [7, 11) is 0. The molecule has 0 bridgehead atoms. The van der Waals surface area contributed by atoms with Crippen LogP contribution in [0.15, 0.2) is 0 Å². The predicted octanol–water partition coefficient (Wildman–Crippen LogP) is -3.12. The van der Waals surface area contributed by atoms with Crippen molar-refractivity contribution < 1.29 is 17.8 Å². The summed E-state index contributed by atoms with van der Waals surface area (Å²) in [6.45, 7) is 8.60. The largest absolute Gasteiger partial charge is 1.00 e. The third kappa shape index (κ3) is 11.7. The molecule has 3 N–H and O–H groups in total. The van der Waals surface area contributed by atoms with Gasteiger partial charge >= 0.3 is 0 Å². The molecule has 9 heavy (non-hydrogen) atoms. The zero-order valence-corrected chi connectivity index (χ0v) is 7.37. The highest BCUT2D eigenvalue weighted by Gasteiger charge is 1.95. The van der Waals surface area contributed by atoms with E-state index in [2.05, 4.69) is 38.5 Å². The van der Waals surface area contributed by atoms with Gasteiger partial charge in [-0.05, 0) is 27.7 Å². The van der Waals surface area contributed by atoms with Crippen LogP contribution in [0, 0.1) is 0 Å². The van der Waals surface area contributed by atoms with Gasteiger partial charge in [-0.1, -0.05) is 0 Å². The van der Waals surface area contributed by atoms with Gasteiger partial charge in [0.25, 0.3) is 0 Å². The predicted molar refractivity (Wildman–Crippen MR) is 35.3 cm³/mol. The fourth-order valence-corrected chi connectivity index (χ4v) is 0.385. The Labute approximate surface area is 63.8 Å². The molecule has 0 saturated heterocycles. The Morgan fingerprint density at radius 3 is 1.67 bits per heavy atom. The quantitative estimate of drug-likeness (QED) is 0.325. The summed E-state index contributed by atoms with van der Waals surface area (Å²) in [5.41, 5.74) is 5.34. The summed E-state index contributed by atoms with van der Waals surface area (Å²) in [4.78, 5) is 0. The zero-order chi connectivity index (χ0) is 6.57. The maximum Gasteiger partial charge on any atom is 0.0975 e. The van der Waals surface area contributed by atoms with Crippen molar-refractivity contribution >= 4 is 0 Å². The molecule has 0 heterocycles. The van der Waals surface area contributed by atoms with Crippen LogP contribution in [0.2, 0.25) is 0 Å². The third-order valence-corrected chi connectivity index (χ3v) is 0.763. The van der Waals surface area contributed by atoms with Crippen molar-refractivity contribution in [2.24, 2.45) is 0 Å². The monoisotopic (exact) mass is 152 g/mol. The van der Waals surface area contributed by atoms with Crippen molar-refractivity contribution in [3.63, 3.8) is 0 Å². The lowest BCUT2D eigenvalue weighted by Gasteiger charge is -2.07. The molecule has 58 valence electrons. The lowest BCUT2D eigenvalue weighted by Crippen LogP contribution is -3.00. The summed E-state index contributed by atoms with van der Waals surface area (Å²) in [5.74, 6) is 0.